The van der Waals surface area contributed by atoms with Crippen molar-refractivity contribution in [2.75, 3.05) is 25.0 Å². The van der Waals surface area contributed by atoms with Crippen LogP contribution < -0.4 is 10.6 Å². The molecule has 24 heavy (non-hydrogen) atoms. The largest absolute Gasteiger partial charge is 0.389 e. The molecule has 3 aliphatic rings. The Labute approximate surface area is 140 Å². The van der Waals surface area contributed by atoms with Gasteiger partial charge in [-0.1, -0.05) is 18.2 Å². The maximum atomic E-state index is 12.3. The van der Waals surface area contributed by atoms with Crippen LogP contribution >= 0.6 is 0 Å². The highest BCUT2D eigenvalue weighted by Gasteiger charge is 2.52. The summed E-state index contributed by atoms with van der Waals surface area (Å²) in [5, 5.41) is 16.5. The lowest BCUT2D eigenvalue weighted by atomic mass is 9.95. The number of para-hydroxylation sites is 1. The number of benzene rings is 1. The van der Waals surface area contributed by atoms with Gasteiger partial charge in [0.15, 0.2) is 6.29 Å². The van der Waals surface area contributed by atoms with Crippen LogP contribution in [-0.2, 0) is 9.47 Å². The summed E-state index contributed by atoms with van der Waals surface area (Å²) in [7, 11) is 0. The number of likely N-dealkylation sites (tertiary alicyclic amines) is 1. The molecule has 2 bridgehead atoms. The van der Waals surface area contributed by atoms with Crippen LogP contribution in [0.25, 0.3) is 0 Å². The van der Waals surface area contributed by atoms with Crippen molar-refractivity contribution in [3.63, 3.8) is 0 Å². The molecular formula is C17H23N3O4. The Morgan fingerprint density at radius 3 is 2.71 bits per heavy atom. The smallest absolute Gasteiger partial charge is 0.319 e. The van der Waals surface area contributed by atoms with Gasteiger partial charge in [-0.05, 0) is 38.1 Å². The highest BCUT2D eigenvalue weighted by atomic mass is 16.7. The summed E-state index contributed by atoms with van der Waals surface area (Å²) in [5.74, 6) is 0. The van der Waals surface area contributed by atoms with Gasteiger partial charge in [-0.2, -0.15) is 0 Å². The summed E-state index contributed by atoms with van der Waals surface area (Å²) in [6, 6.07) is 8.16. The van der Waals surface area contributed by atoms with Crippen molar-refractivity contribution in [2.45, 2.75) is 43.4 Å². The molecule has 3 aliphatic heterocycles. The third-order valence-electron chi connectivity index (χ3n) is 5.02. The molecule has 3 heterocycles. The minimum Gasteiger partial charge on any atom is -0.389 e. The standard InChI is InChI=1S/C17H23N3O4/c21-15-13(19-17(22)18-11-6-2-1-3-7-11)12-10-23-16(24-12)14(15)20-8-4-5-9-20/h1-3,6-7,12-16,21H,4-5,8-10H2,(H2,18,19,22)/t12-,13-,14+,15-,16+/m0/s1. The van der Waals surface area contributed by atoms with Crippen molar-refractivity contribution in [1.82, 2.24) is 10.2 Å². The van der Waals surface area contributed by atoms with Gasteiger partial charge in [0.25, 0.3) is 0 Å². The van der Waals surface area contributed by atoms with Crippen LogP contribution in [0.2, 0.25) is 0 Å². The molecule has 3 saturated heterocycles. The highest BCUT2D eigenvalue weighted by Crippen LogP contribution is 2.32. The fraction of sp³-hybridized carbons (Fsp3) is 0.588. The normalized spacial score (nSPS) is 35.8. The van der Waals surface area contributed by atoms with Gasteiger partial charge in [-0.3, -0.25) is 4.90 Å². The van der Waals surface area contributed by atoms with Gasteiger partial charge >= 0.3 is 6.03 Å². The van der Waals surface area contributed by atoms with Gasteiger partial charge < -0.3 is 25.2 Å². The summed E-state index contributed by atoms with van der Waals surface area (Å²) < 4.78 is 11.6. The minimum absolute atomic E-state index is 0.228. The predicted molar refractivity (Wildman–Crippen MR) is 87.6 cm³/mol. The fourth-order valence-electron chi connectivity index (χ4n) is 3.85. The minimum atomic E-state index is -0.712. The number of carbonyl (C=O) groups excluding carboxylic acids is 1. The number of nitrogens with zero attached hydrogens (tertiary/aromatic N) is 1. The molecule has 2 amide bonds. The van der Waals surface area contributed by atoms with E-state index in [1.54, 1.807) is 0 Å². The lowest BCUT2D eigenvalue weighted by molar-refractivity contribution is -0.177. The second kappa shape index (κ2) is 6.68. The van der Waals surface area contributed by atoms with E-state index < -0.39 is 18.4 Å². The number of nitrogens with one attached hydrogen (secondary N) is 2. The van der Waals surface area contributed by atoms with Gasteiger partial charge in [0.2, 0.25) is 0 Å². The first-order chi connectivity index (χ1) is 11.7. The van der Waals surface area contributed by atoms with Crippen LogP contribution in [0.5, 0.6) is 0 Å². The van der Waals surface area contributed by atoms with Gasteiger partial charge in [-0.15, -0.1) is 0 Å². The number of hydrogen-bond acceptors (Lipinski definition) is 5. The van der Waals surface area contributed by atoms with E-state index in [9.17, 15) is 9.90 Å². The van der Waals surface area contributed by atoms with Crippen molar-refractivity contribution >= 4 is 11.7 Å². The Morgan fingerprint density at radius 1 is 1.21 bits per heavy atom. The zero-order valence-electron chi connectivity index (χ0n) is 13.4. The SMILES string of the molecule is O=C(Nc1ccccc1)N[C@@H]1[C@H](O)[C@@H](N2CCCC2)[C@@H]2OC[C@@H]1O2. The molecule has 1 aromatic rings. The van der Waals surface area contributed by atoms with Gasteiger partial charge in [-0.25, -0.2) is 4.79 Å². The van der Waals surface area contributed by atoms with Gasteiger partial charge in [0.1, 0.15) is 6.10 Å². The van der Waals surface area contributed by atoms with Crippen molar-refractivity contribution in [2.24, 2.45) is 0 Å². The van der Waals surface area contributed by atoms with Crippen LogP contribution in [0, 0.1) is 0 Å². The van der Waals surface area contributed by atoms with Crippen LogP contribution in [0.3, 0.4) is 0 Å². The number of amides is 2. The maximum absolute atomic E-state index is 12.3. The molecule has 5 atom stereocenters. The molecule has 0 saturated carbocycles. The number of hydrogen-bond donors (Lipinski definition) is 3. The Balaban J connectivity index is 1.44. The quantitative estimate of drug-likeness (QED) is 0.761. The number of urea groups is 1. The summed E-state index contributed by atoms with van der Waals surface area (Å²) in [6.45, 7) is 2.25. The van der Waals surface area contributed by atoms with Gasteiger partial charge in [0, 0.05) is 5.69 Å². The number of rotatable bonds is 3. The molecule has 130 valence electrons. The lowest BCUT2D eigenvalue weighted by Crippen LogP contribution is -2.65. The molecule has 0 unspecified atom stereocenters. The van der Waals surface area contributed by atoms with Crippen molar-refractivity contribution in [1.29, 1.82) is 0 Å². The highest BCUT2D eigenvalue weighted by molar-refractivity contribution is 5.89. The number of ether oxygens (including phenoxy) is 2. The molecule has 7 nitrogen and oxygen atoms in total. The van der Waals surface area contributed by atoms with E-state index in [0.29, 0.717) is 12.3 Å². The first kappa shape index (κ1) is 15.8. The van der Waals surface area contributed by atoms with Crippen LogP contribution in [-0.4, -0.2) is 66.3 Å². The average Bonchev–Trinajstić information content (AvgIpc) is 3.24. The Hall–Kier alpha value is -1.67. The number of aliphatic hydroxyl groups excluding tert-OH is 1. The molecule has 3 fully saturated rings. The monoisotopic (exact) mass is 333 g/mol. The Bertz CT molecular complexity index is 576. The topological polar surface area (TPSA) is 83.1 Å². The maximum Gasteiger partial charge on any atom is 0.319 e. The Morgan fingerprint density at radius 2 is 1.96 bits per heavy atom. The summed E-state index contributed by atoms with van der Waals surface area (Å²) in [6.07, 6.45) is 0.803. The summed E-state index contributed by atoms with van der Waals surface area (Å²) in [5.41, 5.74) is 0.706. The zero-order chi connectivity index (χ0) is 16.5. The molecule has 3 N–H and O–H groups in total. The molecule has 1 aromatic carbocycles. The van der Waals surface area contributed by atoms with Gasteiger partial charge in [0.05, 0.1) is 24.8 Å². The molecule has 0 spiro atoms. The molecule has 7 heteroatoms. The van der Waals surface area contributed by atoms with Crippen molar-refractivity contribution in [3.8, 4) is 0 Å². The van der Waals surface area contributed by atoms with E-state index in [1.165, 1.54) is 0 Å². The number of carbonyl (C=O) groups is 1. The van der Waals surface area contributed by atoms with E-state index >= 15 is 0 Å². The number of aliphatic hydroxyl groups is 1. The van der Waals surface area contributed by atoms with Crippen LogP contribution in [0.4, 0.5) is 10.5 Å². The average molecular weight is 333 g/mol. The van der Waals surface area contributed by atoms with E-state index in [0.717, 1.165) is 25.9 Å². The number of fused-ring (bicyclic) bond motifs is 2. The van der Waals surface area contributed by atoms with Crippen LogP contribution in [0.1, 0.15) is 12.8 Å². The van der Waals surface area contributed by atoms with Crippen molar-refractivity contribution < 1.29 is 19.4 Å². The van der Waals surface area contributed by atoms with Crippen molar-refractivity contribution in [3.05, 3.63) is 30.3 Å². The first-order valence-electron chi connectivity index (χ1n) is 8.54. The fourth-order valence-corrected chi connectivity index (χ4v) is 3.85. The lowest BCUT2D eigenvalue weighted by Gasteiger charge is -2.42. The third-order valence-corrected chi connectivity index (χ3v) is 5.02. The summed E-state index contributed by atoms with van der Waals surface area (Å²) >= 11 is 0. The predicted octanol–water partition coefficient (Wildman–Crippen LogP) is 0.757. The molecule has 0 aliphatic carbocycles. The molecular weight excluding hydrogens is 310 g/mol. The molecule has 0 aromatic heterocycles. The van der Waals surface area contributed by atoms with E-state index in [1.807, 2.05) is 30.3 Å². The summed E-state index contributed by atoms with van der Waals surface area (Å²) in [4.78, 5) is 14.5. The van der Waals surface area contributed by atoms with E-state index in [2.05, 4.69) is 15.5 Å². The second-order valence-electron chi connectivity index (χ2n) is 6.59. The Kier molecular flexibility index (Phi) is 4.41. The second-order valence-corrected chi connectivity index (χ2v) is 6.59. The van der Waals surface area contributed by atoms with E-state index in [-0.39, 0.29) is 18.2 Å². The van der Waals surface area contributed by atoms with Crippen LogP contribution in [0.15, 0.2) is 30.3 Å². The molecule has 4 rings (SSSR count). The third kappa shape index (κ3) is 3.00. The number of anilines is 1. The first-order valence-corrected chi connectivity index (χ1v) is 8.54. The molecule has 0 radical (unpaired) electrons. The van der Waals surface area contributed by atoms with E-state index in [4.69, 9.17) is 9.47 Å². The zero-order valence-corrected chi connectivity index (χ0v) is 13.4.